The fourth-order valence-corrected chi connectivity index (χ4v) is 11.8. The van der Waals surface area contributed by atoms with Crippen LogP contribution in [-0.2, 0) is 21.0 Å². The van der Waals surface area contributed by atoms with Gasteiger partial charge in [-0.15, -0.1) is 0 Å². The van der Waals surface area contributed by atoms with Crippen LogP contribution in [0.25, 0.3) is 0 Å². The van der Waals surface area contributed by atoms with E-state index >= 15 is 0 Å². The van der Waals surface area contributed by atoms with E-state index in [1.807, 2.05) is 0 Å². The maximum Gasteiger partial charge on any atom is 0.396 e. The molecular formula is C30H42F4O4S2. The monoisotopic (exact) mass is 606 g/mol. The maximum absolute atomic E-state index is 14.2. The van der Waals surface area contributed by atoms with E-state index in [9.17, 15) is 30.5 Å². The molecule has 0 spiro atoms. The van der Waals surface area contributed by atoms with Crippen LogP contribution in [0.4, 0.5) is 17.6 Å². The summed E-state index contributed by atoms with van der Waals surface area (Å²) in [5, 5.41) is -5.53. The Bertz CT molecular complexity index is 1160. The van der Waals surface area contributed by atoms with E-state index in [4.69, 9.17) is 4.74 Å². The molecule has 4 aliphatic carbocycles. The van der Waals surface area contributed by atoms with E-state index in [2.05, 4.69) is 32.9 Å². The summed E-state index contributed by atoms with van der Waals surface area (Å²) in [5.41, 5.74) is 2.64. The van der Waals surface area contributed by atoms with E-state index in [1.54, 1.807) is 4.90 Å². The molecule has 40 heavy (non-hydrogen) atoms. The van der Waals surface area contributed by atoms with Gasteiger partial charge in [0.1, 0.15) is 17.3 Å². The van der Waals surface area contributed by atoms with Crippen molar-refractivity contribution in [3.63, 3.8) is 0 Å². The van der Waals surface area contributed by atoms with E-state index in [0.717, 1.165) is 38.0 Å². The Morgan fingerprint density at radius 2 is 1.55 bits per heavy atom. The number of aryl methyl sites for hydroxylation is 2. The van der Waals surface area contributed by atoms with Crippen molar-refractivity contribution in [1.82, 2.24) is 0 Å². The second kappa shape index (κ2) is 11.3. The van der Waals surface area contributed by atoms with Crippen molar-refractivity contribution in [2.45, 2.75) is 94.6 Å². The molecule has 5 fully saturated rings. The Labute approximate surface area is 239 Å². The number of rotatable bonds is 8. The van der Waals surface area contributed by atoms with Crippen molar-refractivity contribution in [2.24, 2.45) is 41.4 Å². The van der Waals surface area contributed by atoms with E-state index < -0.39 is 33.1 Å². The molecule has 1 saturated heterocycles. The zero-order valence-corrected chi connectivity index (χ0v) is 25.3. The SMILES string of the molecule is CCCCOc1c(C)cc([S+]2CCCC2)cc1C.O=S(=O)([O-])C(F)(F)C(F)(F)C1CC2CC1C1C3CCC(C3)C21. The molecule has 0 radical (unpaired) electrons. The Morgan fingerprint density at radius 3 is 2.12 bits per heavy atom. The molecule has 7 atom stereocenters. The van der Waals surface area contributed by atoms with Gasteiger partial charge >= 0.3 is 11.2 Å². The number of unbranched alkanes of at least 4 members (excludes halogenated alkanes) is 1. The minimum absolute atomic E-state index is 0.00803. The number of halogens is 4. The summed E-state index contributed by atoms with van der Waals surface area (Å²) in [5.74, 6) is -1.88. The van der Waals surface area contributed by atoms with Gasteiger partial charge in [-0.25, -0.2) is 8.42 Å². The highest BCUT2D eigenvalue weighted by molar-refractivity contribution is 7.97. The van der Waals surface area contributed by atoms with Crippen molar-refractivity contribution >= 4 is 21.0 Å². The molecule has 1 heterocycles. The lowest BCUT2D eigenvalue weighted by molar-refractivity contribution is -0.210. The Balaban J connectivity index is 0.000000165. The third kappa shape index (κ3) is 5.20. The lowest BCUT2D eigenvalue weighted by Gasteiger charge is -2.43. The summed E-state index contributed by atoms with van der Waals surface area (Å²) in [7, 11) is -5.86. The molecule has 4 bridgehead atoms. The predicted molar refractivity (Wildman–Crippen MR) is 148 cm³/mol. The van der Waals surface area contributed by atoms with Crippen LogP contribution in [0.5, 0.6) is 5.75 Å². The largest absolute Gasteiger partial charge is 0.743 e. The normalized spacial score (nSPS) is 33.2. The number of hydrogen-bond acceptors (Lipinski definition) is 4. The van der Waals surface area contributed by atoms with Gasteiger partial charge in [-0.3, -0.25) is 0 Å². The van der Waals surface area contributed by atoms with Crippen molar-refractivity contribution in [2.75, 3.05) is 18.1 Å². The molecule has 0 amide bonds. The molecule has 7 unspecified atom stereocenters. The highest BCUT2D eigenvalue weighted by Gasteiger charge is 2.73. The van der Waals surface area contributed by atoms with Crippen LogP contribution in [0.15, 0.2) is 17.0 Å². The first kappa shape index (κ1) is 30.5. The Morgan fingerprint density at radius 1 is 0.950 bits per heavy atom. The van der Waals surface area contributed by atoms with Crippen LogP contribution in [0.1, 0.15) is 75.8 Å². The van der Waals surface area contributed by atoms with Crippen LogP contribution in [0, 0.1) is 55.3 Å². The number of hydrogen-bond donors (Lipinski definition) is 0. The highest BCUT2D eigenvalue weighted by Crippen LogP contribution is 2.71. The fourth-order valence-electron chi connectivity index (χ4n) is 8.88. The van der Waals surface area contributed by atoms with Crippen LogP contribution in [-0.4, -0.2) is 42.3 Å². The van der Waals surface area contributed by atoms with Gasteiger partial charge in [-0.05, 0) is 124 Å². The molecule has 1 aromatic rings. The maximum atomic E-state index is 14.2. The summed E-state index contributed by atoms with van der Waals surface area (Å²) in [4.78, 5) is 1.56. The summed E-state index contributed by atoms with van der Waals surface area (Å²) < 4.78 is 93.4. The fraction of sp³-hybridized carbons (Fsp3) is 0.800. The van der Waals surface area contributed by atoms with E-state index in [0.29, 0.717) is 35.1 Å². The molecule has 226 valence electrons. The van der Waals surface area contributed by atoms with Gasteiger partial charge in [0.05, 0.1) is 6.61 Å². The highest BCUT2D eigenvalue weighted by atomic mass is 32.2. The topological polar surface area (TPSA) is 66.4 Å². The van der Waals surface area contributed by atoms with Gasteiger partial charge in [-0.1, -0.05) is 13.3 Å². The van der Waals surface area contributed by atoms with Gasteiger partial charge < -0.3 is 9.29 Å². The van der Waals surface area contributed by atoms with Gasteiger partial charge in [0.15, 0.2) is 15.0 Å². The molecule has 0 N–H and O–H groups in total. The average Bonchev–Trinajstić information content (AvgIpc) is 3.71. The molecule has 5 aliphatic rings. The molecule has 1 aromatic carbocycles. The number of benzene rings is 1. The minimum atomic E-state index is -6.38. The third-order valence-electron chi connectivity index (χ3n) is 10.4. The second-order valence-electron chi connectivity index (χ2n) is 12.8. The molecule has 4 nitrogen and oxygen atoms in total. The predicted octanol–water partition coefficient (Wildman–Crippen LogP) is 7.33. The Kier molecular flexibility index (Phi) is 8.57. The van der Waals surface area contributed by atoms with Crippen molar-refractivity contribution in [3.05, 3.63) is 23.3 Å². The zero-order valence-electron chi connectivity index (χ0n) is 23.6. The Hall–Kier alpha value is -1.00. The standard InChI is InChI=1S/C16H25OS.C14H18F4O3S/c1-4-5-8-17-16-13(2)11-15(12-14(16)3)18-9-6-7-10-18;15-13(16,14(17,18)22(19,20)21)10-5-8-4-9(10)12-7-2-1-6(3-7)11(8)12/h11-12H,4-10H2,1-3H3;6-12H,1-5H2,(H,19,20,21)/q+1;/p-1. The number of alkyl halides is 4. The molecule has 6 rings (SSSR count). The van der Waals surface area contributed by atoms with E-state index in [-0.39, 0.29) is 18.3 Å². The van der Waals surface area contributed by atoms with Crippen LogP contribution >= 0.6 is 0 Å². The second-order valence-corrected chi connectivity index (χ2v) is 16.5. The first-order chi connectivity index (χ1) is 18.8. The third-order valence-corrected chi connectivity index (χ3v) is 13.8. The van der Waals surface area contributed by atoms with Gasteiger partial charge in [0, 0.05) is 16.8 Å². The van der Waals surface area contributed by atoms with E-state index in [1.165, 1.54) is 41.9 Å². The average molecular weight is 607 g/mol. The molecule has 1 aliphatic heterocycles. The first-order valence-corrected chi connectivity index (χ1v) is 17.9. The molecular weight excluding hydrogens is 564 g/mol. The van der Waals surface area contributed by atoms with Crippen molar-refractivity contribution in [3.8, 4) is 5.75 Å². The lowest BCUT2D eigenvalue weighted by Crippen LogP contribution is -2.54. The first-order valence-electron chi connectivity index (χ1n) is 14.9. The molecule has 0 aromatic heterocycles. The quantitative estimate of drug-likeness (QED) is 0.102. The van der Waals surface area contributed by atoms with Crippen molar-refractivity contribution < 1.29 is 35.3 Å². The summed E-state index contributed by atoms with van der Waals surface area (Å²) >= 11 is 0. The number of fused-ring (bicyclic) bond motifs is 9. The zero-order chi connectivity index (χ0) is 29.0. The van der Waals surface area contributed by atoms with Gasteiger partial charge in [-0.2, -0.15) is 17.6 Å². The summed E-state index contributed by atoms with van der Waals surface area (Å²) in [6.07, 6.45) is 8.63. The smallest absolute Gasteiger partial charge is 0.396 e. The van der Waals surface area contributed by atoms with Crippen LogP contribution < -0.4 is 4.74 Å². The minimum Gasteiger partial charge on any atom is -0.743 e. The molecule has 4 saturated carbocycles. The van der Waals surface area contributed by atoms with Crippen LogP contribution in [0.2, 0.25) is 0 Å². The number of ether oxygens (including phenoxy) is 1. The van der Waals surface area contributed by atoms with Crippen LogP contribution in [0.3, 0.4) is 0 Å². The summed E-state index contributed by atoms with van der Waals surface area (Å²) in [6, 6.07) is 4.73. The van der Waals surface area contributed by atoms with Gasteiger partial charge in [0.25, 0.3) is 0 Å². The molecule has 10 heteroatoms. The summed E-state index contributed by atoms with van der Waals surface area (Å²) in [6.45, 7) is 7.44. The lowest BCUT2D eigenvalue weighted by atomic mass is 9.66. The van der Waals surface area contributed by atoms with Crippen molar-refractivity contribution in [1.29, 1.82) is 0 Å². The van der Waals surface area contributed by atoms with Gasteiger partial charge in [0.2, 0.25) is 0 Å².